The molecule has 1 aromatic heterocycles. The van der Waals surface area contributed by atoms with Crippen molar-refractivity contribution in [3.63, 3.8) is 0 Å². The van der Waals surface area contributed by atoms with E-state index >= 15 is 0 Å². The number of ketones is 1. The second-order valence-corrected chi connectivity index (χ2v) is 35.3. The fraction of sp³-hybridized carbons (Fsp3) is 0.659. The Hall–Kier alpha value is -9.04. The average molecular weight is 1820 g/mol. The predicted molar refractivity (Wildman–Crippen MR) is 469 cm³/mol. The fourth-order valence-electron chi connectivity index (χ4n) is 14.1. The van der Waals surface area contributed by atoms with Gasteiger partial charge in [0.05, 0.1) is 124 Å². The summed E-state index contributed by atoms with van der Waals surface area (Å²) in [5.41, 5.74) is 2.93. The third kappa shape index (κ3) is 39.7. The van der Waals surface area contributed by atoms with Crippen LogP contribution in [0.4, 0.5) is 4.79 Å². The zero-order valence-electron chi connectivity index (χ0n) is 71.9. The topological polar surface area (TPSA) is 518 Å². The van der Waals surface area contributed by atoms with Gasteiger partial charge in [-0.15, -0.1) is 0 Å². The first-order valence-electron chi connectivity index (χ1n) is 43.8. The lowest BCUT2D eigenvalue weighted by molar-refractivity contribution is -0.138. The molecule has 4 saturated heterocycles. The monoisotopic (exact) mass is 1820 g/mol. The average Bonchev–Trinajstić information content (AvgIpc) is 1.65. The lowest BCUT2D eigenvalue weighted by Gasteiger charge is -2.27. The minimum Gasteiger partial charge on any atom is -0.481 e. The Morgan fingerprint density at radius 3 is 1.63 bits per heavy atom. The number of hydrogen-bond donors (Lipinski definition) is 15. The Bertz CT molecular complexity index is 3900. The van der Waals surface area contributed by atoms with Gasteiger partial charge >= 0.3 is 12.0 Å². The van der Waals surface area contributed by atoms with Gasteiger partial charge in [-0.2, -0.15) is 11.8 Å². The molecule has 13 amide bonds. The van der Waals surface area contributed by atoms with E-state index in [4.69, 9.17) is 37.9 Å². The van der Waals surface area contributed by atoms with Gasteiger partial charge in [0.1, 0.15) is 60.2 Å². The van der Waals surface area contributed by atoms with Crippen molar-refractivity contribution in [2.45, 2.75) is 214 Å². The number of fused-ring (bicyclic) bond motifs is 8. The number of nitrogens with zero attached hydrogens (tertiary/aromatic N) is 1. The van der Waals surface area contributed by atoms with Crippen LogP contribution in [0.1, 0.15) is 141 Å². The van der Waals surface area contributed by atoms with Gasteiger partial charge in [0, 0.05) is 86.1 Å². The minimum absolute atomic E-state index is 0.00105. The zero-order chi connectivity index (χ0) is 90.1. The number of nitrogens with one attached hydrogen (secondary N) is 14. The van der Waals surface area contributed by atoms with Gasteiger partial charge in [-0.1, -0.05) is 102 Å². The number of unbranched alkanes of at least 4 members (excludes halogenated alkanes) is 1. The number of urea groups is 1. The minimum atomic E-state index is -1.56. The van der Waals surface area contributed by atoms with Crippen LogP contribution in [0.5, 0.6) is 0 Å². The number of aromatic amines is 1. The number of carboxylic acid groups (broad SMARTS) is 1. The Morgan fingerprint density at radius 1 is 0.484 bits per heavy atom. The van der Waals surface area contributed by atoms with E-state index in [2.05, 4.69) is 79.1 Å². The number of hydrogen-bond acceptors (Lipinski definition) is 26. The molecule has 2 aromatic carbocycles. The summed E-state index contributed by atoms with van der Waals surface area (Å²) in [6.07, 6.45) is 7.82. The maximum absolute atomic E-state index is 14.7. The van der Waals surface area contributed by atoms with Crippen LogP contribution in [-0.4, -0.2) is 306 Å². The lowest BCUT2D eigenvalue weighted by atomic mass is 10.00. The lowest BCUT2D eigenvalue weighted by Crippen LogP contribution is -2.59. The zero-order valence-corrected chi connectivity index (χ0v) is 74.4. The highest BCUT2D eigenvalue weighted by molar-refractivity contribution is 8.76. The maximum Gasteiger partial charge on any atom is 0.315 e. The second kappa shape index (κ2) is 58.4. The number of carboxylic acids is 1. The summed E-state index contributed by atoms with van der Waals surface area (Å²) in [5.74, 6) is -8.55. The van der Waals surface area contributed by atoms with Crippen molar-refractivity contribution in [2.24, 2.45) is 5.92 Å². The highest BCUT2D eigenvalue weighted by Gasteiger charge is 2.43. The van der Waals surface area contributed by atoms with Crippen molar-refractivity contribution >= 4 is 116 Å². The number of imidazole rings is 1. The van der Waals surface area contributed by atoms with Crippen LogP contribution in [0.3, 0.4) is 0 Å². The van der Waals surface area contributed by atoms with Gasteiger partial charge in [-0.3, -0.25) is 62.3 Å². The molecule has 5 fully saturated rings. The summed E-state index contributed by atoms with van der Waals surface area (Å²) in [4.78, 5) is 200. The highest BCUT2D eigenvalue weighted by atomic mass is 33.1. The number of Topliss-reactive ketones (excluding diaryl/α,β-unsaturated/α-hetero) is 1. The van der Waals surface area contributed by atoms with Crippen LogP contribution >= 0.6 is 33.3 Å². The molecule has 15 N–H and O–H groups in total. The van der Waals surface area contributed by atoms with Crippen molar-refractivity contribution < 1.29 is 110 Å². The van der Waals surface area contributed by atoms with Crippen LogP contribution in [0, 0.1) is 5.92 Å². The van der Waals surface area contributed by atoms with Crippen LogP contribution in [-0.2, 0) is 113 Å². The van der Waals surface area contributed by atoms with Gasteiger partial charge in [-0.25, -0.2) is 9.78 Å². The molecule has 38 nitrogen and oxygen atoms in total. The van der Waals surface area contributed by atoms with E-state index in [1.54, 1.807) is 6.92 Å². The van der Waals surface area contributed by atoms with Crippen LogP contribution in [0.2, 0.25) is 0 Å². The normalized spacial score (nSPS) is 23.9. The molecule has 8 rings (SSSR count). The number of carbonyl (C=O) groups is 14. The number of rotatable bonds is 45. The summed E-state index contributed by atoms with van der Waals surface area (Å²) in [6.45, 7) is 7.50. The summed E-state index contributed by atoms with van der Waals surface area (Å²) < 4.78 is 44.9. The van der Waals surface area contributed by atoms with Crippen molar-refractivity contribution in [3.8, 4) is 11.1 Å². The van der Waals surface area contributed by atoms with Crippen molar-refractivity contribution in [2.75, 3.05) is 136 Å². The molecular formula is C85H127N15O23S3. The Labute approximate surface area is 746 Å². The third-order valence-electron chi connectivity index (χ3n) is 21.3. The summed E-state index contributed by atoms with van der Waals surface area (Å²) >= 11 is 1.89. The van der Waals surface area contributed by atoms with Gasteiger partial charge in [0.2, 0.25) is 65.0 Å². The molecule has 126 heavy (non-hydrogen) atoms. The molecule has 5 heterocycles. The van der Waals surface area contributed by atoms with Gasteiger partial charge < -0.3 is 117 Å². The summed E-state index contributed by atoms with van der Waals surface area (Å²) in [7, 11) is 2.42. The SMILES string of the molecule is CC[C@@H]1NC(=O)[C@H]2CCSSCC[C@@H](NC(=O)[C@H](C)NC(=O)[C@H](NC(=O)CCOCCOCCOCCOCCOCCOCCOCCOCCCC(=O)CCCC[C@@H]3SC[C@@H]4NC(=O)N[C@@H]43)CCCCNC(=O)[C@H](Cc3ccc(-c4ccccc4)cc3)NC1=O)C(=O)N[C@@H](Cc1cnc[nH]1)C(=O)N[C@@H](CC1CC1)C(=O)NCC(=O)N[C@@H](CCC(=O)O)C(=O)N2. The summed E-state index contributed by atoms with van der Waals surface area (Å²) in [5, 5.41) is 45.9. The predicted octanol–water partition coefficient (Wildman–Crippen LogP) is 1.51. The van der Waals surface area contributed by atoms with Crippen molar-refractivity contribution in [3.05, 3.63) is 78.4 Å². The van der Waals surface area contributed by atoms with Crippen LogP contribution in [0.15, 0.2) is 67.1 Å². The van der Waals surface area contributed by atoms with Crippen molar-refractivity contribution in [1.29, 1.82) is 0 Å². The molecule has 0 unspecified atom stereocenters. The molecule has 1 saturated carbocycles. The summed E-state index contributed by atoms with van der Waals surface area (Å²) in [6, 6.07) is 5.20. The number of ether oxygens (including phenoxy) is 8. The van der Waals surface area contributed by atoms with Gasteiger partial charge in [-0.05, 0) is 100 Å². The number of H-pyrrole nitrogens is 1. The molecule has 5 aliphatic rings. The van der Waals surface area contributed by atoms with E-state index in [-0.39, 0.29) is 145 Å². The maximum atomic E-state index is 14.7. The van der Waals surface area contributed by atoms with Crippen LogP contribution in [0.25, 0.3) is 11.1 Å². The number of thioether (sulfide) groups is 1. The number of carbonyl (C=O) groups excluding carboxylic acids is 13. The van der Waals surface area contributed by atoms with E-state index in [9.17, 15) is 72.2 Å². The van der Waals surface area contributed by atoms with E-state index in [0.717, 1.165) is 49.0 Å². The van der Waals surface area contributed by atoms with E-state index in [1.165, 1.54) is 41.0 Å². The molecule has 3 aromatic rings. The standard InChI is InChI=1S/C85H127N15O23S3/c1-3-62-79(109)96-67(49-57-20-22-59(23-21-57)58-12-5-4-6-13-58)77(107)87-29-10-9-16-63(91-72(102)26-31-117-33-35-119-37-39-121-41-43-123-45-44-122-42-40-120-38-36-118-34-32-116-30-11-15-61(101)14-7-8-17-71-75-70(53-124-71)99-85(115)100-75)80(110)90-55(2)76(106)94-65-27-46-125-126-47-28-66(82(112)93-62)95-81(111)64(24-25-74(104)105)92-73(103)52-88-78(108)68(48-56-18-19-56)97-84(114)69(98-83(65)113)50-60-51-86-54-89-60/h4-6,12-13,20-23,51,54-56,62-71,75H,3,7-11,14-19,24-50,52-53H2,1-2H3,(H,86,89)(H,87,107)(H,88,108)(H,90,110)(H,91,102)(H,92,103)(H,93,112)(H,94,106)(H,95,111)(H,96,109)(H,97,114)(H,98,113)(H,104,105)(H2,99,100,115)/t55-,62-,63+,64-,65+,66+,67-,68-,69-,70-,71-,75-/m0/s1. The second-order valence-electron chi connectivity index (χ2n) is 31.3. The Morgan fingerprint density at radius 2 is 1.03 bits per heavy atom. The first-order chi connectivity index (χ1) is 61.1. The number of amides is 13. The quantitative estimate of drug-likeness (QED) is 0.0217. The molecule has 698 valence electrons. The van der Waals surface area contributed by atoms with Crippen molar-refractivity contribution in [1.82, 2.24) is 79.1 Å². The fourth-order valence-corrected chi connectivity index (χ4v) is 17.8. The largest absolute Gasteiger partial charge is 0.481 e. The molecule has 4 aliphatic heterocycles. The molecule has 12 atom stereocenters. The number of aliphatic carboxylic acids is 1. The smallest absolute Gasteiger partial charge is 0.315 e. The highest BCUT2D eigenvalue weighted by Crippen LogP contribution is 2.35. The molecule has 0 spiro atoms. The molecular weight excluding hydrogens is 1700 g/mol. The van der Waals surface area contributed by atoms with E-state index < -0.39 is 145 Å². The first kappa shape index (κ1) is 102. The van der Waals surface area contributed by atoms with E-state index in [0.29, 0.717) is 108 Å². The third-order valence-corrected chi connectivity index (χ3v) is 25.3. The van der Waals surface area contributed by atoms with Gasteiger partial charge in [0.15, 0.2) is 0 Å². The molecule has 2 bridgehead atoms. The number of aromatic nitrogens is 2. The van der Waals surface area contributed by atoms with E-state index in [1.807, 2.05) is 66.4 Å². The Balaban J connectivity index is 0.809. The van der Waals surface area contributed by atoms with Crippen LogP contribution < -0.4 is 69.1 Å². The molecule has 41 heteroatoms. The number of benzene rings is 2. The molecule has 0 radical (unpaired) electrons. The first-order valence-corrected chi connectivity index (χ1v) is 47.3. The molecule has 1 aliphatic carbocycles. The Kier molecular flexibility index (Phi) is 47.5. The van der Waals surface area contributed by atoms with Gasteiger partial charge in [0.25, 0.3) is 0 Å².